The summed E-state index contributed by atoms with van der Waals surface area (Å²) in [5, 5.41) is 8.03. The van der Waals surface area contributed by atoms with Crippen LogP contribution in [-0.4, -0.2) is 24.5 Å². The first-order valence-corrected chi connectivity index (χ1v) is 8.61. The topological polar surface area (TPSA) is 70.2 Å². The summed E-state index contributed by atoms with van der Waals surface area (Å²) in [4.78, 5) is 24.3. The van der Waals surface area contributed by atoms with E-state index < -0.39 is 29.9 Å². The molecule has 8 heteroatoms. The second-order valence-electron chi connectivity index (χ2n) is 7.00. The lowest BCUT2D eigenvalue weighted by Crippen LogP contribution is -2.56. The summed E-state index contributed by atoms with van der Waals surface area (Å²) in [7, 11) is 0. The number of urea groups is 1. The van der Waals surface area contributed by atoms with E-state index in [0.29, 0.717) is 12.1 Å². The van der Waals surface area contributed by atoms with Crippen molar-refractivity contribution in [2.75, 3.05) is 6.54 Å². The summed E-state index contributed by atoms with van der Waals surface area (Å²) in [5.41, 5.74) is -0.394. The zero-order valence-electron chi connectivity index (χ0n) is 15.0. The Morgan fingerprint density at radius 1 is 1.31 bits per heavy atom. The quantitative estimate of drug-likeness (QED) is 0.761. The van der Waals surface area contributed by atoms with Gasteiger partial charge in [-0.1, -0.05) is 32.9 Å². The largest absolute Gasteiger partial charge is 0.416 e. The lowest BCUT2D eigenvalue weighted by atomic mass is 9.93. The van der Waals surface area contributed by atoms with E-state index in [-0.39, 0.29) is 17.7 Å². The van der Waals surface area contributed by atoms with Crippen LogP contribution in [0.2, 0.25) is 0 Å². The van der Waals surface area contributed by atoms with Gasteiger partial charge in [-0.15, -0.1) is 0 Å². The van der Waals surface area contributed by atoms with E-state index in [4.69, 9.17) is 0 Å². The van der Waals surface area contributed by atoms with Gasteiger partial charge in [0.05, 0.1) is 11.6 Å². The van der Waals surface area contributed by atoms with Crippen molar-refractivity contribution in [2.24, 2.45) is 11.8 Å². The van der Waals surface area contributed by atoms with Crippen molar-refractivity contribution in [2.45, 2.75) is 45.5 Å². The third-order valence-corrected chi connectivity index (χ3v) is 4.56. The highest BCUT2D eigenvalue weighted by atomic mass is 19.4. The van der Waals surface area contributed by atoms with Gasteiger partial charge < -0.3 is 16.0 Å². The summed E-state index contributed by atoms with van der Waals surface area (Å²) >= 11 is 0. The minimum Gasteiger partial charge on any atom is -0.354 e. The minimum absolute atomic E-state index is 0.0134. The molecule has 1 aromatic carbocycles. The van der Waals surface area contributed by atoms with Crippen molar-refractivity contribution in [1.82, 2.24) is 16.0 Å². The second kappa shape index (κ2) is 7.97. The molecule has 0 radical (unpaired) electrons. The lowest BCUT2D eigenvalue weighted by Gasteiger charge is -2.30. The molecule has 1 aliphatic heterocycles. The zero-order valence-corrected chi connectivity index (χ0v) is 15.0. The van der Waals surface area contributed by atoms with Crippen LogP contribution in [0, 0.1) is 11.8 Å². The maximum absolute atomic E-state index is 12.9. The van der Waals surface area contributed by atoms with Gasteiger partial charge in [0.1, 0.15) is 6.04 Å². The van der Waals surface area contributed by atoms with Crippen molar-refractivity contribution in [3.63, 3.8) is 0 Å². The fourth-order valence-corrected chi connectivity index (χ4v) is 3.03. The fourth-order valence-electron chi connectivity index (χ4n) is 3.03. The van der Waals surface area contributed by atoms with Crippen molar-refractivity contribution < 1.29 is 22.8 Å². The molecule has 3 atom stereocenters. The number of hydrogen-bond donors (Lipinski definition) is 3. The fraction of sp³-hybridized carbons (Fsp3) is 0.556. The Balaban J connectivity index is 2.13. The van der Waals surface area contributed by atoms with Crippen molar-refractivity contribution in [3.8, 4) is 0 Å². The van der Waals surface area contributed by atoms with E-state index in [1.807, 2.05) is 6.92 Å². The zero-order chi connectivity index (χ0) is 19.5. The first-order valence-electron chi connectivity index (χ1n) is 8.61. The van der Waals surface area contributed by atoms with Gasteiger partial charge in [-0.2, -0.15) is 13.2 Å². The number of benzene rings is 1. The van der Waals surface area contributed by atoms with E-state index in [2.05, 4.69) is 16.0 Å². The van der Waals surface area contributed by atoms with Crippen LogP contribution in [0.4, 0.5) is 18.0 Å². The van der Waals surface area contributed by atoms with Crippen LogP contribution in [0.15, 0.2) is 24.3 Å². The summed E-state index contributed by atoms with van der Waals surface area (Å²) in [5.74, 6) is -0.401. The van der Waals surface area contributed by atoms with Crippen molar-refractivity contribution in [3.05, 3.63) is 35.4 Å². The molecule has 3 unspecified atom stereocenters. The van der Waals surface area contributed by atoms with Crippen LogP contribution in [0.5, 0.6) is 0 Å². The predicted octanol–water partition coefficient (Wildman–Crippen LogP) is 3.23. The molecule has 1 saturated heterocycles. The Kier molecular flexibility index (Phi) is 6.15. The van der Waals surface area contributed by atoms with E-state index in [1.54, 1.807) is 19.9 Å². The normalized spacial score (nSPS) is 21.9. The van der Waals surface area contributed by atoms with Crippen LogP contribution >= 0.6 is 0 Å². The van der Waals surface area contributed by atoms with E-state index in [1.165, 1.54) is 6.07 Å². The molecule has 0 spiro atoms. The smallest absolute Gasteiger partial charge is 0.354 e. The number of amides is 3. The number of carbonyl (C=O) groups is 2. The molecule has 5 nitrogen and oxygen atoms in total. The lowest BCUT2D eigenvalue weighted by molar-refractivity contribution is -0.137. The Morgan fingerprint density at radius 2 is 2.00 bits per heavy atom. The molecule has 26 heavy (non-hydrogen) atoms. The molecule has 0 saturated carbocycles. The Hall–Kier alpha value is -2.25. The van der Waals surface area contributed by atoms with Crippen LogP contribution < -0.4 is 16.0 Å². The van der Waals surface area contributed by atoms with Gasteiger partial charge in [-0.3, -0.25) is 4.79 Å². The number of rotatable bonds is 4. The third kappa shape index (κ3) is 4.89. The standard InChI is InChI=1S/C18H24F3N3O2/c1-10(2)14(12-5-4-6-13(9-12)18(19,20)21)23-17(26)24-15-11(3)7-8-22-16(15)25/h4-6,9-11,14-15H,7-8H2,1-3H3,(H,22,25)(H2,23,24,26). The van der Waals surface area contributed by atoms with Gasteiger partial charge in [-0.05, 0) is 36.0 Å². The molecule has 144 valence electrons. The highest BCUT2D eigenvalue weighted by Gasteiger charge is 2.33. The molecular formula is C18H24F3N3O2. The molecule has 1 aliphatic rings. The van der Waals surface area contributed by atoms with Crippen LogP contribution in [0.3, 0.4) is 0 Å². The second-order valence-corrected chi connectivity index (χ2v) is 7.00. The average molecular weight is 371 g/mol. The minimum atomic E-state index is -4.45. The average Bonchev–Trinajstić information content (AvgIpc) is 2.55. The number of nitrogens with one attached hydrogen (secondary N) is 3. The number of alkyl halides is 3. The highest BCUT2D eigenvalue weighted by Crippen LogP contribution is 2.32. The molecule has 3 N–H and O–H groups in total. The van der Waals surface area contributed by atoms with Gasteiger partial charge in [0.2, 0.25) is 5.91 Å². The summed E-state index contributed by atoms with van der Waals surface area (Å²) in [6, 6.07) is 3.07. The van der Waals surface area contributed by atoms with Gasteiger partial charge in [0.25, 0.3) is 0 Å². The van der Waals surface area contributed by atoms with Crippen LogP contribution in [0.1, 0.15) is 44.4 Å². The van der Waals surface area contributed by atoms with Crippen molar-refractivity contribution in [1.29, 1.82) is 0 Å². The number of halogens is 3. The molecule has 1 fully saturated rings. The molecule has 0 aromatic heterocycles. The first-order chi connectivity index (χ1) is 12.1. The van der Waals surface area contributed by atoms with Crippen molar-refractivity contribution >= 4 is 11.9 Å². The maximum atomic E-state index is 12.9. The Labute approximate surface area is 150 Å². The molecule has 0 bridgehead atoms. The number of carbonyl (C=O) groups excluding carboxylic acids is 2. The summed E-state index contributed by atoms with van der Waals surface area (Å²) in [6.45, 7) is 6.05. The van der Waals surface area contributed by atoms with E-state index >= 15 is 0 Å². The van der Waals surface area contributed by atoms with E-state index in [0.717, 1.165) is 18.6 Å². The molecule has 1 aromatic rings. The summed E-state index contributed by atoms with van der Waals surface area (Å²) in [6.07, 6.45) is -3.70. The number of piperidine rings is 1. The van der Waals surface area contributed by atoms with E-state index in [9.17, 15) is 22.8 Å². The van der Waals surface area contributed by atoms with Gasteiger partial charge >= 0.3 is 12.2 Å². The third-order valence-electron chi connectivity index (χ3n) is 4.56. The van der Waals surface area contributed by atoms with Crippen LogP contribution in [-0.2, 0) is 11.0 Å². The molecule has 2 rings (SSSR count). The predicted molar refractivity (Wildman–Crippen MR) is 91.3 cm³/mol. The monoisotopic (exact) mass is 371 g/mol. The van der Waals surface area contributed by atoms with Gasteiger partial charge in [0.15, 0.2) is 0 Å². The SMILES string of the molecule is CC(C)C(NC(=O)NC1C(=O)NCCC1C)c1cccc(C(F)(F)F)c1. The number of hydrogen-bond acceptors (Lipinski definition) is 2. The molecule has 3 amide bonds. The first kappa shape index (κ1) is 20.1. The molecule has 1 heterocycles. The Bertz CT molecular complexity index is 661. The molecule has 0 aliphatic carbocycles. The van der Waals surface area contributed by atoms with Crippen LogP contribution in [0.25, 0.3) is 0 Å². The maximum Gasteiger partial charge on any atom is 0.416 e. The highest BCUT2D eigenvalue weighted by molar-refractivity contribution is 5.87. The summed E-state index contributed by atoms with van der Waals surface area (Å²) < 4.78 is 38.8. The van der Waals surface area contributed by atoms with Gasteiger partial charge in [0, 0.05) is 6.54 Å². The molecular weight excluding hydrogens is 347 g/mol. The Morgan fingerprint density at radius 3 is 2.58 bits per heavy atom. The van der Waals surface area contributed by atoms with Gasteiger partial charge in [-0.25, -0.2) is 4.79 Å².